The fourth-order valence-electron chi connectivity index (χ4n) is 2.54. The van der Waals surface area contributed by atoms with E-state index in [1.807, 2.05) is 25.1 Å². The van der Waals surface area contributed by atoms with Crippen molar-refractivity contribution in [2.45, 2.75) is 19.4 Å². The number of rotatable bonds is 5. The summed E-state index contributed by atoms with van der Waals surface area (Å²) in [7, 11) is 1.67. The summed E-state index contributed by atoms with van der Waals surface area (Å²) in [5.74, 6) is -1.21. The zero-order valence-corrected chi connectivity index (χ0v) is 13.1. The number of hydrogen-bond donors (Lipinski definition) is 2. The Bertz CT molecular complexity index is 533. The van der Waals surface area contributed by atoms with Crippen LogP contribution in [-0.2, 0) is 14.3 Å². The monoisotopic (exact) mass is 305 g/mol. The van der Waals surface area contributed by atoms with Gasteiger partial charge in [-0.1, -0.05) is 12.1 Å². The lowest BCUT2D eigenvalue weighted by Gasteiger charge is -2.16. The largest absolute Gasteiger partial charge is 0.383 e. The molecule has 6 heteroatoms. The van der Waals surface area contributed by atoms with Crippen molar-refractivity contribution >= 4 is 17.5 Å². The highest BCUT2D eigenvalue weighted by Crippen LogP contribution is 2.10. The van der Waals surface area contributed by atoms with Crippen LogP contribution in [0, 0.1) is 6.92 Å². The molecule has 1 saturated heterocycles. The highest BCUT2D eigenvalue weighted by molar-refractivity contribution is 6.39. The molecule has 1 aliphatic rings. The molecule has 0 saturated carbocycles. The van der Waals surface area contributed by atoms with Crippen LogP contribution in [0.5, 0.6) is 0 Å². The van der Waals surface area contributed by atoms with Crippen molar-refractivity contribution in [1.29, 1.82) is 0 Å². The van der Waals surface area contributed by atoms with Crippen molar-refractivity contribution in [3.05, 3.63) is 29.8 Å². The molecule has 22 heavy (non-hydrogen) atoms. The number of carbonyl (C=O) groups excluding carboxylic acids is 2. The molecule has 1 fully saturated rings. The molecule has 0 bridgehead atoms. The third kappa shape index (κ3) is 4.82. The number of hydrogen-bond acceptors (Lipinski definition) is 4. The number of likely N-dealkylation sites (tertiary alicyclic amines) is 1. The summed E-state index contributed by atoms with van der Waals surface area (Å²) >= 11 is 0. The van der Waals surface area contributed by atoms with Crippen molar-refractivity contribution in [2.75, 3.05) is 38.7 Å². The maximum Gasteiger partial charge on any atom is 0.313 e. The van der Waals surface area contributed by atoms with Crippen LogP contribution in [0.2, 0.25) is 0 Å². The smallest absolute Gasteiger partial charge is 0.313 e. The fraction of sp³-hybridized carbons (Fsp3) is 0.500. The van der Waals surface area contributed by atoms with Gasteiger partial charge in [-0.25, -0.2) is 0 Å². The van der Waals surface area contributed by atoms with E-state index in [-0.39, 0.29) is 6.04 Å². The second-order valence-corrected chi connectivity index (χ2v) is 5.58. The molecule has 1 atom stereocenters. The first-order valence-electron chi connectivity index (χ1n) is 7.48. The van der Waals surface area contributed by atoms with E-state index in [2.05, 4.69) is 15.5 Å². The summed E-state index contributed by atoms with van der Waals surface area (Å²) in [5.41, 5.74) is 1.66. The quantitative estimate of drug-likeness (QED) is 0.788. The molecule has 2 amide bonds. The number of nitrogens with one attached hydrogen (secondary N) is 2. The van der Waals surface area contributed by atoms with Crippen LogP contribution in [0.3, 0.4) is 0 Å². The molecule has 6 nitrogen and oxygen atoms in total. The molecule has 0 radical (unpaired) electrons. The third-order valence-corrected chi connectivity index (χ3v) is 3.70. The van der Waals surface area contributed by atoms with E-state index in [9.17, 15) is 9.59 Å². The number of methoxy groups -OCH3 is 1. The summed E-state index contributed by atoms with van der Waals surface area (Å²) < 4.78 is 5.04. The third-order valence-electron chi connectivity index (χ3n) is 3.70. The molecule has 1 heterocycles. The molecule has 1 aliphatic heterocycles. The molecule has 2 N–H and O–H groups in total. The van der Waals surface area contributed by atoms with Gasteiger partial charge < -0.3 is 15.4 Å². The predicted octanol–water partition coefficient (Wildman–Crippen LogP) is 0.770. The molecule has 0 aliphatic carbocycles. The van der Waals surface area contributed by atoms with E-state index >= 15 is 0 Å². The second-order valence-electron chi connectivity index (χ2n) is 5.58. The standard InChI is InChI=1S/C16H23N3O3/c1-12-4-3-5-13(10-12)17-15(20)16(21)18-14-6-7-19(11-14)8-9-22-2/h3-5,10,14H,6-9,11H2,1-2H3,(H,17,20)(H,18,21). The number of ether oxygens (including phenoxy) is 1. The Kier molecular flexibility index (Phi) is 5.91. The highest BCUT2D eigenvalue weighted by Gasteiger charge is 2.25. The lowest BCUT2D eigenvalue weighted by Crippen LogP contribution is -2.43. The Hall–Kier alpha value is -1.92. The Morgan fingerprint density at radius 1 is 1.36 bits per heavy atom. The number of carbonyl (C=O) groups is 2. The number of aryl methyl sites for hydroxylation is 1. The minimum atomic E-state index is -0.624. The lowest BCUT2D eigenvalue weighted by atomic mass is 10.2. The SMILES string of the molecule is COCCN1CCC(NC(=O)C(=O)Nc2cccc(C)c2)C1. The van der Waals surface area contributed by atoms with Crippen molar-refractivity contribution in [1.82, 2.24) is 10.2 Å². The highest BCUT2D eigenvalue weighted by atomic mass is 16.5. The van der Waals surface area contributed by atoms with Gasteiger partial charge in [0.1, 0.15) is 0 Å². The van der Waals surface area contributed by atoms with Gasteiger partial charge in [0.2, 0.25) is 0 Å². The lowest BCUT2D eigenvalue weighted by molar-refractivity contribution is -0.136. The second kappa shape index (κ2) is 7.91. The van der Waals surface area contributed by atoms with Crippen molar-refractivity contribution in [3.63, 3.8) is 0 Å². The van der Waals surface area contributed by atoms with Gasteiger partial charge in [-0.3, -0.25) is 14.5 Å². The van der Waals surface area contributed by atoms with Crippen LogP contribution < -0.4 is 10.6 Å². The number of nitrogens with zero attached hydrogens (tertiary/aromatic N) is 1. The molecule has 1 unspecified atom stereocenters. The van der Waals surface area contributed by atoms with Crippen LogP contribution >= 0.6 is 0 Å². The zero-order valence-electron chi connectivity index (χ0n) is 13.1. The minimum absolute atomic E-state index is 0.0209. The first-order chi connectivity index (χ1) is 10.6. The number of amides is 2. The zero-order chi connectivity index (χ0) is 15.9. The van der Waals surface area contributed by atoms with Crippen LogP contribution in [0.25, 0.3) is 0 Å². The summed E-state index contributed by atoms with van der Waals surface area (Å²) in [5, 5.41) is 5.40. The summed E-state index contributed by atoms with van der Waals surface area (Å²) in [4.78, 5) is 26.1. The van der Waals surface area contributed by atoms with Gasteiger partial charge in [-0.2, -0.15) is 0 Å². The first kappa shape index (κ1) is 16.5. The molecular formula is C16H23N3O3. The van der Waals surface area contributed by atoms with Crippen molar-refractivity contribution in [3.8, 4) is 0 Å². The summed E-state index contributed by atoms with van der Waals surface area (Å²) in [6.45, 7) is 5.12. The molecular weight excluding hydrogens is 282 g/mol. The Morgan fingerprint density at radius 3 is 2.91 bits per heavy atom. The number of benzene rings is 1. The molecule has 120 valence electrons. The molecule has 1 aromatic carbocycles. The van der Waals surface area contributed by atoms with E-state index in [4.69, 9.17) is 4.74 Å². The first-order valence-corrected chi connectivity index (χ1v) is 7.48. The molecule has 0 aromatic heterocycles. The van der Waals surface area contributed by atoms with Crippen molar-refractivity contribution in [2.24, 2.45) is 0 Å². The normalized spacial score (nSPS) is 18.2. The predicted molar refractivity (Wildman–Crippen MR) is 84.7 cm³/mol. The molecule has 2 rings (SSSR count). The van der Waals surface area contributed by atoms with Crippen LogP contribution in [0.4, 0.5) is 5.69 Å². The summed E-state index contributed by atoms with van der Waals surface area (Å²) in [6, 6.07) is 7.39. The van der Waals surface area contributed by atoms with E-state index in [0.29, 0.717) is 12.3 Å². The van der Waals surface area contributed by atoms with E-state index in [0.717, 1.165) is 31.6 Å². The van der Waals surface area contributed by atoms with Crippen LogP contribution in [0.15, 0.2) is 24.3 Å². The fourth-order valence-corrected chi connectivity index (χ4v) is 2.54. The van der Waals surface area contributed by atoms with Gasteiger partial charge in [0, 0.05) is 38.5 Å². The molecule has 0 spiro atoms. The Labute approximate surface area is 130 Å². The van der Waals surface area contributed by atoms with Gasteiger partial charge in [0.05, 0.1) is 6.61 Å². The van der Waals surface area contributed by atoms with Gasteiger partial charge in [0.15, 0.2) is 0 Å². The van der Waals surface area contributed by atoms with Crippen molar-refractivity contribution < 1.29 is 14.3 Å². The van der Waals surface area contributed by atoms with E-state index < -0.39 is 11.8 Å². The van der Waals surface area contributed by atoms with Gasteiger partial charge in [-0.05, 0) is 31.0 Å². The maximum absolute atomic E-state index is 11.9. The topological polar surface area (TPSA) is 70.7 Å². The average Bonchev–Trinajstić information content (AvgIpc) is 2.92. The Morgan fingerprint density at radius 2 is 2.18 bits per heavy atom. The van der Waals surface area contributed by atoms with Crippen LogP contribution in [-0.4, -0.2) is 56.1 Å². The minimum Gasteiger partial charge on any atom is -0.383 e. The van der Waals surface area contributed by atoms with E-state index in [1.54, 1.807) is 13.2 Å². The van der Waals surface area contributed by atoms with E-state index in [1.165, 1.54) is 0 Å². The van der Waals surface area contributed by atoms with Crippen LogP contribution in [0.1, 0.15) is 12.0 Å². The van der Waals surface area contributed by atoms with Gasteiger partial charge >= 0.3 is 11.8 Å². The van der Waals surface area contributed by atoms with Gasteiger partial charge in [0.25, 0.3) is 0 Å². The number of anilines is 1. The van der Waals surface area contributed by atoms with Gasteiger partial charge in [-0.15, -0.1) is 0 Å². The summed E-state index contributed by atoms with van der Waals surface area (Å²) in [6.07, 6.45) is 0.854. The molecule has 1 aromatic rings. The average molecular weight is 305 g/mol. The maximum atomic E-state index is 11.9. The Balaban J connectivity index is 1.78.